The van der Waals surface area contributed by atoms with E-state index >= 15 is 0 Å². The second kappa shape index (κ2) is 8.60. The Morgan fingerprint density at radius 3 is 2.22 bits per heavy atom. The number of halogens is 7. The minimum absolute atomic E-state index is 0.103. The first-order valence-corrected chi connectivity index (χ1v) is 7.16. The Labute approximate surface area is 148 Å². The van der Waals surface area contributed by atoms with Crippen molar-refractivity contribution in [1.29, 1.82) is 0 Å². The van der Waals surface area contributed by atoms with Gasteiger partial charge in [0, 0.05) is 11.6 Å². The molecule has 146 valence electrons. The van der Waals surface area contributed by atoms with Crippen molar-refractivity contribution in [2.24, 2.45) is 5.10 Å². The van der Waals surface area contributed by atoms with Crippen LogP contribution in [0.25, 0.3) is 0 Å². The number of nitrogens with zero attached hydrogens (tertiary/aromatic N) is 1. The van der Waals surface area contributed by atoms with Crippen LogP contribution in [0.15, 0.2) is 47.6 Å². The highest BCUT2D eigenvalue weighted by atomic mass is 19.4. The largest absolute Gasteiger partial charge is 0.435 e. The molecule has 11 heteroatoms. The Balaban J connectivity index is 2.24. The molecule has 0 amide bonds. The summed E-state index contributed by atoms with van der Waals surface area (Å²) in [5, 5.41) is 3.56. The fraction of sp³-hybridized carbons (Fsp3) is 0.188. The maximum absolute atomic E-state index is 12.9. The van der Waals surface area contributed by atoms with Crippen LogP contribution in [-0.4, -0.2) is 19.4 Å². The molecule has 0 saturated heterocycles. The van der Waals surface area contributed by atoms with Crippen LogP contribution >= 0.6 is 0 Å². The third-order valence-corrected chi connectivity index (χ3v) is 3.05. The molecule has 2 rings (SSSR count). The summed E-state index contributed by atoms with van der Waals surface area (Å²) in [5.41, 5.74) is 0.703. The summed E-state index contributed by atoms with van der Waals surface area (Å²) in [5.74, 6) is -0.981. The van der Waals surface area contributed by atoms with Gasteiger partial charge in [-0.2, -0.15) is 35.8 Å². The van der Waals surface area contributed by atoms with Gasteiger partial charge in [0.15, 0.2) is 0 Å². The first-order chi connectivity index (χ1) is 12.7. The van der Waals surface area contributed by atoms with E-state index in [1.54, 1.807) is 0 Å². The molecule has 0 aliphatic heterocycles. The van der Waals surface area contributed by atoms with E-state index in [1.807, 2.05) is 0 Å². The van der Waals surface area contributed by atoms with E-state index in [1.165, 1.54) is 12.1 Å². The van der Waals surface area contributed by atoms with Gasteiger partial charge < -0.3 is 9.47 Å². The van der Waals surface area contributed by atoms with E-state index in [9.17, 15) is 30.7 Å². The van der Waals surface area contributed by atoms with Crippen molar-refractivity contribution < 1.29 is 40.2 Å². The summed E-state index contributed by atoms with van der Waals surface area (Å²) in [6.45, 7) is -6.44. The molecule has 1 N–H and O–H groups in total. The summed E-state index contributed by atoms with van der Waals surface area (Å²) in [4.78, 5) is 0. The number of anilines is 1. The lowest BCUT2D eigenvalue weighted by atomic mass is 10.2. The summed E-state index contributed by atoms with van der Waals surface area (Å²) in [6, 6.07) is 7.38. The van der Waals surface area contributed by atoms with Gasteiger partial charge in [0.25, 0.3) is 0 Å². The van der Waals surface area contributed by atoms with Crippen molar-refractivity contribution in [3.8, 4) is 11.5 Å². The highest BCUT2D eigenvalue weighted by Crippen LogP contribution is 2.34. The summed E-state index contributed by atoms with van der Waals surface area (Å²) in [7, 11) is 0. The molecule has 0 radical (unpaired) electrons. The van der Waals surface area contributed by atoms with Crippen LogP contribution in [0.1, 0.15) is 11.1 Å². The fourth-order valence-corrected chi connectivity index (χ4v) is 1.99. The monoisotopic (exact) mass is 396 g/mol. The molecule has 0 fully saturated rings. The smallest absolute Gasteiger partial charge is 0.418 e. The molecule has 0 aliphatic carbocycles. The lowest BCUT2D eigenvalue weighted by Crippen LogP contribution is -2.09. The lowest BCUT2D eigenvalue weighted by molar-refractivity contribution is -0.137. The maximum atomic E-state index is 12.9. The molecule has 27 heavy (non-hydrogen) atoms. The summed E-state index contributed by atoms with van der Waals surface area (Å²) >= 11 is 0. The van der Waals surface area contributed by atoms with E-state index < -0.39 is 36.5 Å². The van der Waals surface area contributed by atoms with Crippen LogP contribution in [-0.2, 0) is 6.18 Å². The van der Waals surface area contributed by atoms with Crippen LogP contribution in [0.5, 0.6) is 11.5 Å². The molecule has 2 aromatic carbocycles. The highest BCUT2D eigenvalue weighted by Gasteiger charge is 2.33. The van der Waals surface area contributed by atoms with E-state index in [0.29, 0.717) is 0 Å². The van der Waals surface area contributed by atoms with Crippen molar-refractivity contribution in [2.45, 2.75) is 19.4 Å². The molecule has 0 aromatic heterocycles. The van der Waals surface area contributed by atoms with Gasteiger partial charge in [0.05, 0.1) is 17.5 Å². The Hall–Kier alpha value is -2.98. The SMILES string of the molecule is FC(F)Oc1ccc(/C=N/Nc2ccccc2C(F)(F)F)c(OC(F)F)c1. The number of hydrogen-bond acceptors (Lipinski definition) is 4. The first kappa shape index (κ1) is 20.3. The van der Waals surface area contributed by atoms with Gasteiger partial charge in [0.1, 0.15) is 11.5 Å². The topological polar surface area (TPSA) is 42.8 Å². The molecular weight excluding hydrogens is 385 g/mol. The van der Waals surface area contributed by atoms with Crippen molar-refractivity contribution in [2.75, 3.05) is 5.43 Å². The number of rotatable bonds is 7. The minimum atomic E-state index is -4.63. The molecule has 0 aliphatic rings. The Morgan fingerprint density at radius 1 is 0.926 bits per heavy atom. The first-order valence-electron chi connectivity index (χ1n) is 7.16. The second-order valence-corrected chi connectivity index (χ2v) is 4.87. The molecule has 0 heterocycles. The van der Waals surface area contributed by atoms with Crippen LogP contribution in [0.3, 0.4) is 0 Å². The third-order valence-electron chi connectivity index (χ3n) is 3.05. The Kier molecular flexibility index (Phi) is 6.48. The van der Waals surface area contributed by atoms with E-state index in [-0.39, 0.29) is 11.3 Å². The third kappa shape index (κ3) is 6.04. The summed E-state index contributed by atoms with van der Waals surface area (Å²) in [6.07, 6.45) is -3.73. The normalized spacial score (nSPS) is 12.0. The zero-order chi connectivity index (χ0) is 20.0. The van der Waals surface area contributed by atoms with E-state index in [2.05, 4.69) is 20.0 Å². The fourth-order valence-electron chi connectivity index (χ4n) is 1.99. The molecule has 0 saturated carbocycles. The molecule has 0 unspecified atom stereocenters. The number of nitrogens with one attached hydrogen (secondary N) is 1. The standard InChI is InChI=1S/C16H11F7N2O2/c17-14(18)26-10-6-5-9(13(7-10)27-15(19)20)8-24-25-12-4-2-1-3-11(12)16(21,22)23/h1-8,14-15,25H/b24-8+. The summed E-state index contributed by atoms with van der Waals surface area (Å²) < 4.78 is 96.3. The average molecular weight is 396 g/mol. The number of alkyl halides is 7. The number of benzene rings is 2. The van der Waals surface area contributed by atoms with Gasteiger partial charge in [-0.25, -0.2) is 0 Å². The maximum Gasteiger partial charge on any atom is 0.418 e. The van der Waals surface area contributed by atoms with Crippen LogP contribution in [0.4, 0.5) is 36.4 Å². The average Bonchev–Trinajstić information content (AvgIpc) is 2.55. The van der Waals surface area contributed by atoms with E-state index in [0.717, 1.165) is 36.5 Å². The van der Waals surface area contributed by atoms with Crippen LogP contribution in [0.2, 0.25) is 0 Å². The predicted molar refractivity (Wildman–Crippen MR) is 82.4 cm³/mol. The predicted octanol–water partition coefficient (Wildman–Crippen LogP) is 5.35. The Morgan fingerprint density at radius 2 is 1.59 bits per heavy atom. The zero-order valence-electron chi connectivity index (χ0n) is 13.2. The van der Waals surface area contributed by atoms with Gasteiger partial charge in [0.2, 0.25) is 0 Å². The number of ether oxygens (including phenoxy) is 2. The van der Waals surface area contributed by atoms with Crippen LogP contribution < -0.4 is 14.9 Å². The molecular formula is C16H11F7N2O2. The van der Waals surface area contributed by atoms with Gasteiger partial charge in [-0.3, -0.25) is 5.43 Å². The van der Waals surface area contributed by atoms with Gasteiger partial charge in [-0.15, -0.1) is 0 Å². The van der Waals surface area contributed by atoms with Crippen molar-refractivity contribution in [3.05, 3.63) is 53.6 Å². The van der Waals surface area contributed by atoms with Crippen LogP contribution in [0, 0.1) is 0 Å². The highest BCUT2D eigenvalue weighted by molar-refractivity contribution is 5.84. The number of hydrogen-bond donors (Lipinski definition) is 1. The second-order valence-electron chi connectivity index (χ2n) is 4.87. The molecule has 2 aromatic rings. The molecule has 0 atom stereocenters. The zero-order valence-corrected chi connectivity index (χ0v) is 13.2. The van der Waals surface area contributed by atoms with E-state index in [4.69, 9.17) is 0 Å². The minimum Gasteiger partial charge on any atom is -0.435 e. The molecule has 0 bridgehead atoms. The van der Waals surface area contributed by atoms with Gasteiger partial charge in [-0.1, -0.05) is 12.1 Å². The van der Waals surface area contributed by atoms with Crippen molar-refractivity contribution >= 4 is 11.9 Å². The van der Waals surface area contributed by atoms with Crippen molar-refractivity contribution in [3.63, 3.8) is 0 Å². The Bertz CT molecular complexity index is 795. The number of para-hydroxylation sites is 1. The lowest BCUT2D eigenvalue weighted by Gasteiger charge is -2.12. The van der Waals surface area contributed by atoms with Gasteiger partial charge >= 0.3 is 19.4 Å². The number of hydrazone groups is 1. The molecule has 4 nitrogen and oxygen atoms in total. The van der Waals surface area contributed by atoms with Crippen molar-refractivity contribution in [1.82, 2.24) is 0 Å². The quantitative estimate of drug-likeness (QED) is 0.390. The van der Waals surface area contributed by atoms with Gasteiger partial charge in [-0.05, 0) is 24.3 Å². The molecule has 0 spiro atoms.